The maximum Gasteiger partial charge on any atom is 0.378 e. The molecule has 86 heavy (non-hydrogen) atoms. The number of rotatable bonds is 20. The van der Waals surface area contributed by atoms with Crippen LogP contribution in [0.5, 0.6) is 35.3 Å². The quantitative estimate of drug-likeness (QED) is 0.0276. The fourth-order valence-corrected chi connectivity index (χ4v) is 7.14. The molecule has 0 bridgehead atoms. The molecule has 1 amide bonds. The molecule has 0 aliphatic heterocycles. The number of nitrogens with zero attached hydrogens (tertiary/aromatic N) is 13. The van der Waals surface area contributed by atoms with Crippen molar-refractivity contribution >= 4 is 67.3 Å². The Balaban J connectivity index is 0.000000330. The van der Waals surface area contributed by atoms with Crippen molar-refractivity contribution in [2.45, 2.75) is 113 Å². The molecule has 0 spiro atoms. The number of aromatic amines is 1. The van der Waals surface area contributed by atoms with E-state index in [1.807, 2.05) is 54.6 Å². The maximum atomic E-state index is 13.1. The van der Waals surface area contributed by atoms with Crippen molar-refractivity contribution in [1.82, 2.24) is 69.4 Å². The lowest BCUT2D eigenvalue weighted by Gasteiger charge is -2.19. The number of hydrogen-bond donors (Lipinski definition) is 3. The Bertz CT molecular complexity index is 3270. The van der Waals surface area contributed by atoms with E-state index in [2.05, 4.69) is 172 Å². The summed E-state index contributed by atoms with van der Waals surface area (Å²) < 4.78 is 42.1. The van der Waals surface area contributed by atoms with Crippen molar-refractivity contribution in [2.24, 2.45) is 27.1 Å². The largest absolute Gasteiger partial charge is 0.479 e. The zero-order chi connectivity index (χ0) is 64.3. The Morgan fingerprint density at radius 3 is 1.52 bits per heavy atom. The van der Waals surface area contributed by atoms with Crippen LogP contribution in [0.1, 0.15) is 156 Å². The number of nitrogens with one attached hydrogen (secondary N) is 3. The Hall–Kier alpha value is -8.34. The van der Waals surface area contributed by atoms with Gasteiger partial charge in [-0.05, 0) is 124 Å². The van der Waals surface area contributed by atoms with Gasteiger partial charge in [0.1, 0.15) is 11.5 Å². The van der Waals surface area contributed by atoms with Crippen LogP contribution in [0.4, 0.5) is 11.6 Å². The van der Waals surface area contributed by atoms with Gasteiger partial charge >= 0.3 is 29.9 Å². The van der Waals surface area contributed by atoms with Crippen LogP contribution in [0.25, 0.3) is 0 Å². The smallest absolute Gasteiger partial charge is 0.378 e. The number of anilines is 2. The van der Waals surface area contributed by atoms with Crippen molar-refractivity contribution in [2.75, 3.05) is 51.2 Å². The summed E-state index contributed by atoms with van der Waals surface area (Å²) in [7, 11) is 7.90. The molecule has 0 saturated carbocycles. The van der Waals surface area contributed by atoms with Crippen molar-refractivity contribution in [3.8, 4) is 35.3 Å². The average Bonchev–Trinajstić information content (AvgIpc) is 2.50. The summed E-state index contributed by atoms with van der Waals surface area (Å²) in [5, 5.41) is 35.0. The van der Waals surface area contributed by atoms with Gasteiger partial charge in [-0.1, -0.05) is 103 Å². The Morgan fingerprint density at radius 2 is 1.12 bits per heavy atom. The van der Waals surface area contributed by atoms with E-state index >= 15 is 0 Å². The number of allylic oxidation sites excluding steroid dienone is 1. The van der Waals surface area contributed by atoms with Crippen LogP contribution in [0.3, 0.4) is 0 Å². The van der Waals surface area contributed by atoms with Crippen molar-refractivity contribution in [3.05, 3.63) is 105 Å². The van der Waals surface area contributed by atoms with E-state index in [4.69, 9.17) is 28.4 Å². The number of esters is 3. The molecule has 0 fully saturated rings. The van der Waals surface area contributed by atoms with Gasteiger partial charge in [0.2, 0.25) is 35.2 Å². The van der Waals surface area contributed by atoms with Crippen LogP contribution in [0.2, 0.25) is 0 Å². The normalized spacial score (nSPS) is 10.7. The van der Waals surface area contributed by atoms with E-state index in [9.17, 15) is 19.2 Å². The van der Waals surface area contributed by atoms with Crippen molar-refractivity contribution in [1.29, 1.82) is 0 Å². The van der Waals surface area contributed by atoms with Crippen LogP contribution in [-0.2, 0) is 46.2 Å². The van der Waals surface area contributed by atoms with Gasteiger partial charge in [-0.25, -0.2) is 14.4 Å². The molecule has 0 aliphatic rings. The van der Waals surface area contributed by atoms with Crippen molar-refractivity contribution < 1.29 is 52.3 Å². The van der Waals surface area contributed by atoms with Gasteiger partial charge in [0.25, 0.3) is 11.7 Å². The molecule has 0 unspecified atom stereocenters. The number of methoxy groups -OCH3 is 2. The minimum atomic E-state index is -0.550. The first kappa shape index (κ1) is 71.9. The third-order valence-corrected chi connectivity index (χ3v) is 12.4. The second kappa shape index (κ2) is 35.2. The lowest BCUT2D eigenvalue weighted by Crippen LogP contribution is -2.19. The molecule has 0 aliphatic carbocycles. The van der Waals surface area contributed by atoms with Gasteiger partial charge in [-0.2, -0.15) is 15.0 Å². The standard InChI is InChI=1S/C26H37N7O4.C16H21N3O3.C6H8BrN3O2.C5H6BrN3O2.C4H8/c1-16(2)11-10-14-27-24-29-22(35-7)19(23(30-24)36-8)28-21(34)20-31-32-25(33(20)6)37-18-13-9-12-17(15-18)26(3,4)5;1-6-21-14(20)13-17-18-15(19(13)5)22-12-9-7-8-11(10-12)16(2,3)4;1-3-12-5(11)4-8-9-6(7)10(4)2;1-2-11-4(10)3-7-5(6)9-8-3;1-3-4-2/h9,12-13,15-16H,10-11,14H2,1-8H3,(H,28,34)(H,27,29,30);7-10H,6H2,1-5H3;3H2,1-2H3;2H2,1H3,(H,7,8,9);3H,1,4H2,2H3. The summed E-state index contributed by atoms with van der Waals surface area (Å²) in [5.41, 5.74) is 2.44. The second-order valence-corrected chi connectivity index (χ2v) is 22.0. The number of carbonyl (C=O) groups excluding carboxylic acids is 4. The van der Waals surface area contributed by atoms with Gasteiger partial charge in [-0.15, -0.1) is 32.1 Å². The maximum absolute atomic E-state index is 13.1. The minimum absolute atomic E-state index is 0.0232. The minimum Gasteiger partial charge on any atom is -0.479 e. The highest BCUT2D eigenvalue weighted by Gasteiger charge is 2.25. The van der Waals surface area contributed by atoms with Crippen LogP contribution in [0, 0.1) is 5.92 Å². The number of carbonyl (C=O) groups is 4. The second-order valence-electron chi connectivity index (χ2n) is 20.5. The van der Waals surface area contributed by atoms with Gasteiger partial charge < -0.3 is 43.8 Å². The first-order valence-electron chi connectivity index (χ1n) is 27.3. The van der Waals surface area contributed by atoms with Crippen LogP contribution < -0.4 is 29.6 Å². The molecular weight excluding hydrogens is 1240 g/mol. The number of aromatic nitrogens is 14. The average molecular weight is 1330 g/mol. The highest BCUT2D eigenvalue weighted by molar-refractivity contribution is 9.10. The number of halogens is 2. The lowest BCUT2D eigenvalue weighted by atomic mass is 9.87. The highest BCUT2D eigenvalue weighted by Crippen LogP contribution is 2.34. The zero-order valence-corrected chi connectivity index (χ0v) is 55.2. The summed E-state index contributed by atoms with van der Waals surface area (Å²) in [6.07, 6.45) is 5.02. The topological polar surface area (TPSA) is 316 Å². The first-order valence-corrected chi connectivity index (χ1v) is 28.9. The molecule has 0 saturated heterocycles. The molecule has 0 radical (unpaired) electrons. The fourth-order valence-electron chi connectivity index (χ4n) is 6.64. The lowest BCUT2D eigenvalue weighted by molar-refractivity contribution is 0.0497. The molecule has 7 aromatic rings. The van der Waals surface area contributed by atoms with E-state index in [0.29, 0.717) is 52.6 Å². The number of H-pyrrole nitrogens is 1. The number of amides is 1. The summed E-state index contributed by atoms with van der Waals surface area (Å²) >= 11 is 6.13. The third kappa shape index (κ3) is 22.6. The fraction of sp³-hybridized carbons (Fsp3) is 0.474. The Kier molecular flexibility index (Phi) is 29.4. The molecule has 7 rings (SSSR count). The van der Waals surface area contributed by atoms with Crippen LogP contribution in [0.15, 0.2) is 70.7 Å². The summed E-state index contributed by atoms with van der Waals surface area (Å²) in [4.78, 5) is 59.2. The van der Waals surface area contributed by atoms with E-state index < -0.39 is 23.8 Å². The monoisotopic (exact) mass is 1320 g/mol. The molecule has 2 aromatic carbocycles. The van der Waals surface area contributed by atoms with E-state index in [0.717, 1.165) is 30.4 Å². The van der Waals surface area contributed by atoms with E-state index in [1.54, 1.807) is 41.9 Å². The summed E-state index contributed by atoms with van der Waals surface area (Å²) in [6, 6.07) is 15.9. The highest BCUT2D eigenvalue weighted by atomic mass is 79.9. The Labute approximate surface area is 518 Å². The number of benzene rings is 2. The molecule has 0 atom stereocenters. The predicted octanol–water partition coefficient (Wildman–Crippen LogP) is 11.0. The third-order valence-electron chi connectivity index (χ3n) is 11.3. The van der Waals surface area contributed by atoms with Crippen LogP contribution >= 0.6 is 31.9 Å². The number of hydrogen-bond acceptors (Lipinski definition) is 22. The van der Waals surface area contributed by atoms with E-state index in [-0.39, 0.29) is 70.2 Å². The molecule has 3 N–H and O–H groups in total. The summed E-state index contributed by atoms with van der Waals surface area (Å²) in [6.45, 7) is 29.5. The van der Waals surface area contributed by atoms with Gasteiger partial charge in [0.05, 0.1) is 34.0 Å². The SMILES string of the molecule is C=CCC.CCOC(=O)c1n[nH]c(Br)n1.CCOC(=O)c1nnc(Br)n1C.CCOC(=O)c1nnc(Oc2cccc(C(C)(C)C)c2)n1C.COc1nc(NCCCC(C)C)nc(OC)c1NC(=O)c1nnc(Oc2cccc(C(C)(C)C)c2)n1C. The molecular formula is C57H80Br2N16O11. The predicted molar refractivity (Wildman–Crippen MR) is 329 cm³/mol. The molecule has 5 heterocycles. The van der Waals surface area contributed by atoms with E-state index in [1.165, 1.54) is 27.9 Å². The number of ether oxygens (including phenoxy) is 7. The molecule has 29 heteroatoms. The molecule has 27 nitrogen and oxygen atoms in total. The molecule has 5 aromatic heterocycles. The van der Waals surface area contributed by atoms with Gasteiger partial charge in [0, 0.05) is 27.7 Å². The van der Waals surface area contributed by atoms with Gasteiger partial charge in [-0.3, -0.25) is 23.6 Å². The van der Waals surface area contributed by atoms with Crippen LogP contribution in [-0.4, -0.2) is 134 Å². The first-order chi connectivity index (χ1) is 40.7. The van der Waals surface area contributed by atoms with Crippen molar-refractivity contribution in [3.63, 3.8) is 0 Å². The summed E-state index contributed by atoms with van der Waals surface area (Å²) in [5.74, 6) is 0.865. The zero-order valence-electron chi connectivity index (χ0n) is 52.0. The Morgan fingerprint density at radius 1 is 0.663 bits per heavy atom. The van der Waals surface area contributed by atoms with Gasteiger partial charge in [0.15, 0.2) is 15.2 Å². The molecule has 468 valence electrons.